The summed E-state index contributed by atoms with van der Waals surface area (Å²) < 4.78 is 0. The second-order valence-electron chi connectivity index (χ2n) is 3.58. The average molecular weight is 128 g/mol. The first-order chi connectivity index (χ1) is 3.85. The van der Waals surface area contributed by atoms with Crippen LogP contribution in [0.4, 0.5) is 0 Å². The lowest BCUT2D eigenvalue weighted by molar-refractivity contribution is 0.219. The predicted molar refractivity (Wildman–Crippen MR) is 40.4 cm³/mol. The lowest BCUT2D eigenvalue weighted by atomic mass is 9.81. The number of allylic oxidation sites excluding steroid dienone is 1. The molecule has 9 heavy (non-hydrogen) atoms. The van der Waals surface area contributed by atoms with Gasteiger partial charge in [-0.25, -0.2) is 0 Å². The average Bonchev–Trinajstić information content (AvgIpc) is 1.62. The van der Waals surface area contributed by atoms with E-state index in [-0.39, 0.29) is 17.1 Å². The second kappa shape index (κ2) is 2.42. The summed E-state index contributed by atoms with van der Waals surface area (Å²) in [5, 5.41) is 8.96. The fourth-order valence-corrected chi connectivity index (χ4v) is 0.500. The highest BCUT2D eigenvalue weighted by molar-refractivity contribution is 4.92. The monoisotopic (exact) mass is 128 g/mol. The first kappa shape index (κ1) is 8.54. The molecule has 0 aliphatic heterocycles. The second-order valence-corrected chi connectivity index (χ2v) is 3.58. The van der Waals surface area contributed by atoms with Crippen LogP contribution in [0.1, 0.15) is 27.7 Å². The minimum absolute atomic E-state index is 0.131. The third-order valence-corrected chi connectivity index (χ3v) is 1.80. The molecule has 1 atom stereocenters. The third-order valence-electron chi connectivity index (χ3n) is 1.80. The molecule has 0 aromatic rings. The van der Waals surface area contributed by atoms with Crippen LogP contribution >= 0.6 is 0 Å². The van der Waals surface area contributed by atoms with Gasteiger partial charge in [0.2, 0.25) is 0 Å². The Labute approximate surface area is 57.4 Å². The molecule has 0 aromatic carbocycles. The number of rotatable bonds is 1. The van der Waals surface area contributed by atoms with Gasteiger partial charge in [0.25, 0.3) is 0 Å². The van der Waals surface area contributed by atoms with Gasteiger partial charge < -0.3 is 5.11 Å². The summed E-state index contributed by atoms with van der Waals surface area (Å²) >= 11 is 0. The molecule has 1 heteroatoms. The van der Waals surface area contributed by atoms with Crippen molar-refractivity contribution in [3.05, 3.63) is 12.3 Å². The minimum Gasteiger partial charge on any atom is -0.513 e. The van der Waals surface area contributed by atoms with Crippen molar-refractivity contribution < 1.29 is 5.11 Å². The zero-order valence-corrected chi connectivity index (χ0v) is 6.73. The maximum absolute atomic E-state index is 8.96. The van der Waals surface area contributed by atoms with E-state index in [1.165, 1.54) is 0 Å². The van der Waals surface area contributed by atoms with E-state index in [9.17, 15) is 0 Å². The van der Waals surface area contributed by atoms with Crippen LogP contribution in [0.15, 0.2) is 12.3 Å². The molecular formula is C8H16O. The normalized spacial score (nSPS) is 15.1. The Kier molecular flexibility index (Phi) is 2.30. The Balaban J connectivity index is 4.04. The number of aliphatic hydroxyl groups excluding tert-OH is 1. The Morgan fingerprint density at radius 2 is 1.78 bits per heavy atom. The van der Waals surface area contributed by atoms with Crippen molar-refractivity contribution in [2.45, 2.75) is 27.7 Å². The van der Waals surface area contributed by atoms with Gasteiger partial charge in [-0.15, -0.1) is 0 Å². The van der Waals surface area contributed by atoms with Gasteiger partial charge in [-0.05, 0) is 5.41 Å². The fourth-order valence-electron chi connectivity index (χ4n) is 0.500. The van der Waals surface area contributed by atoms with E-state index in [4.69, 9.17) is 5.11 Å². The molecule has 1 nitrogen and oxygen atoms in total. The van der Waals surface area contributed by atoms with E-state index in [0.717, 1.165) is 0 Å². The van der Waals surface area contributed by atoms with Gasteiger partial charge in [0.15, 0.2) is 0 Å². The Morgan fingerprint density at radius 1 is 1.44 bits per heavy atom. The van der Waals surface area contributed by atoms with Crippen LogP contribution in [-0.2, 0) is 0 Å². The van der Waals surface area contributed by atoms with Crippen molar-refractivity contribution in [2.75, 3.05) is 0 Å². The largest absolute Gasteiger partial charge is 0.513 e. The molecule has 0 aromatic heterocycles. The molecule has 0 fully saturated rings. The summed E-state index contributed by atoms with van der Waals surface area (Å²) in [7, 11) is 0. The molecule has 0 aliphatic rings. The molecular weight excluding hydrogens is 112 g/mol. The molecule has 0 spiro atoms. The number of hydrogen-bond donors (Lipinski definition) is 1. The molecule has 0 rings (SSSR count). The maximum atomic E-state index is 8.96. The van der Waals surface area contributed by atoms with E-state index < -0.39 is 0 Å². The molecule has 54 valence electrons. The van der Waals surface area contributed by atoms with Crippen molar-refractivity contribution in [3.63, 3.8) is 0 Å². The van der Waals surface area contributed by atoms with Crippen LogP contribution in [-0.4, -0.2) is 5.11 Å². The summed E-state index contributed by atoms with van der Waals surface area (Å²) in [6.45, 7) is 11.7. The SMILES string of the molecule is C=C(O)C(C)C(C)(C)C. The predicted octanol–water partition coefficient (Wildman–Crippen LogP) is 2.74. The smallest absolute Gasteiger partial charge is 0.0884 e. The van der Waals surface area contributed by atoms with Crippen molar-refractivity contribution >= 4 is 0 Å². The minimum atomic E-state index is 0.131. The molecule has 1 unspecified atom stereocenters. The quantitative estimate of drug-likeness (QED) is 0.538. The van der Waals surface area contributed by atoms with E-state index in [1.807, 2.05) is 6.92 Å². The van der Waals surface area contributed by atoms with E-state index in [1.54, 1.807) is 0 Å². The van der Waals surface area contributed by atoms with E-state index in [2.05, 4.69) is 27.4 Å². The van der Waals surface area contributed by atoms with Crippen molar-refractivity contribution in [1.29, 1.82) is 0 Å². The van der Waals surface area contributed by atoms with E-state index >= 15 is 0 Å². The highest BCUT2D eigenvalue weighted by Crippen LogP contribution is 2.28. The van der Waals surface area contributed by atoms with Crippen LogP contribution in [0.3, 0.4) is 0 Å². The molecule has 0 aliphatic carbocycles. The van der Waals surface area contributed by atoms with Crippen LogP contribution in [0, 0.1) is 11.3 Å². The van der Waals surface area contributed by atoms with Crippen LogP contribution in [0.5, 0.6) is 0 Å². The molecule has 0 bridgehead atoms. The highest BCUT2D eigenvalue weighted by Gasteiger charge is 2.21. The molecule has 0 saturated heterocycles. The summed E-state index contributed by atoms with van der Waals surface area (Å²) in [4.78, 5) is 0. The van der Waals surface area contributed by atoms with Crippen LogP contribution in [0.2, 0.25) is 0 Å². The molecule has 0 saturated carbocycles. The Hall–Kier alpha value is -0.460. The molecule has 0 amide bonds. The summed E-state index contributed by atoms with van der Waals surface area (Å²) in [6.07, 6.45) is 0. The number of hydrogen-bond acceptors (Lipinski definition) is 1. The third kappa shape index (κ3) is 2.54. The molecule has 1 N–H and O–H groups in total. The molecule has 0 heterocycles. The number of aliphatic hydroxyl groups is 1. The van der Waals surface area contributed by atoms with Crippen LogP contribution in [0.25, 0.3) is 0 Å². The zero-order chi connectivity index (χ0) is 7.65. The lowest BCUT2D eigenvalue weighted by Crippen LogP contribution is -2.18. The Morgan fingerprint density at radius 3 is 1.78 bits per heavy atom. The summed E-state index contributed by atoms with van der Waals surface area (Å²) in [5.41, 5.74) is 0.131. The first-order valence-electron chi connectivity index (χ1n) is 3.23. The standard InChI is InChI=1S/C8H16O/c1-6(7(2)9)8(3,4)5/h6,9H,2H2,1,3-5H3. The van der Waals surface area contributed by atoms with Gasteiger partial charge in [-0.3, -0.25) is 0 Å². The van der Waals surface area contributed by atoms with Gasteiger partial charge in [0, 0.05) is 5.92 Å². The van der Waals surface area contributed by atoms with Crippen molar-refractivity contribution in [1.82, 2.24) is 0 Å². The fraction of sp³-hybridized carbons (Fsp3) is 0.750. The maximum Gasteiger partial charge on any atom is 0.0884 e. The van der Waals surface area contributed by atoms with E-state index in [0.29, 0.717) is 0 Å². The van der Waals surface area contributed by atoms with Crippen molar-refractivity contribution in [3.8, 4) is 0 Å². The summed E-state index contributed by atoms with van der Waals surface area (Å²) in [6, 6.07) is 0. The van der Waals surface area contributed by atoms with Gasteiger partial charge in [-0.2, -0.15) is 0 Å². The Bertz CT molecular complexity index is 108. The van der Waals surface area contributed by atoms with Gasteiger partial charge in [-0.1, -0.05) is 34.3 Å². The van der Waals surface area contributed by atoms with Gasteiger partial charge >= 0.3 is 0 Å². The molecule has 0 radical (unpaired) electrons. The highest BCUT2D eigenvalue weighted by atomic mass is 16.3. The van der Waals surface area contributed by atoms with Gasteiger partial charge in [0.05, 0.1) is 5.76 Å². The summed E-state index contributed by atoms with van der Waals surface area (Å²) in [5.74, 6) is 0.458. The zero-order valence-electron chi connectivity index (χ0n) is 6.73. The topological polar surface area (TPSA) is 20.2 Å². The van der Waals surface area contributed by atoms with Gasteiger partial charge in [0.1, 0.15) is 0 Å². The lowest BCUT2D eigenvalue weighted by Gasteiger charge is -2.25. The van der Waals surface area contributed by atoms with Crippen LogP contribution < -0.4 is 0 Å². The first-order valence-corrected chi connectivity index (χ1v) is 3.23. The van der Waals surface area contributed by atoms with Crippen molar-refractivity contribution in [2.24, 2.45) is 11.3 Å².